The molecule has 0 N–H and O–H groups in total. The van der Waals surface area contributed by atoms with Crippen molar-refractivity contribution in [2.45, 2.75) is 20.8 Å². The first-order chi connectivity index (χ1) is 4.79. The molecule has 60 valence electrons. The number of halogens is 1. The molecule has 0 unspecified atom stereocenters. The Kier molecular flexibility index (Phi) is 9.08. The zero-order valence-corrected chi connectivity index (χ0v) is 8.02. The van der Waals surface area contributed by atoms with Crippen molar-refractivity contribution in [1.82, 2.24) is 4.98 Å². The lowest BCUT2D eigenvalue weighted by atomic mass is 10.4. The summed E-state index contributed by atoms with van der Waals surface area (Å²) in [5.41, 5.74) is 0.956. The minimum atomic E-state index is 0. The highest BCUT2D eigenvalue weighted by Crippen LogP contribution is 2.05. The molecule has 0 aromatic carbocycles. The SMILES string of the molecule is CC.Cc1cc(Cl)ccn1.[BH]. The van der Waals surface area contributed by atoms with E-state index in [4.69, 9.17) is 11.6 Å². The Morgan fingerprint density at radius 1 is 1.36 bits per heavy atom. The molecule has 0 aliphatic rings. The van der Waals surface area contributed by atoms with Crippen molar-refractivity contribution >= 4 is 20.0 Å². The maximum atomic E-state index is 5.60. The van der Waals surface area contributed by atoms with Crippen LogP contribution in [0.4, 0.5) is 0 Å². The molecule has 3 heteroatoms. The molecule has 2 radical (unpaired) electrons. The molecule has 0 aliphatic heterocycles. The Morgan fingerprint density at radius 3 is 2.18 bits per heavy atom. The maximum Gasteiger partial charge on any atom is 0.0439 e. The quantitative estimate of drug-likeness (QED) is 0.544. The first-order valence-electron chi connectivity index (χ1n) is 3.37. The number of nitrogens with zero attached hydrogens (tertiary/aromatic N) is 1. The molecule has 0 aliphatic carbocycles. The molecule has 0 saturated heterocycles. The van der Waals surface area contributed by atoms with Gasteiger partial charge in [0.05, 0.1) is 0 Å². The highest BCUT2D eigenvalue weighted by molar-refractivity contribution is 6.30. The molecule has 11 heavy (non-hydrogen) atoms. The van der Waals surface area contributed by atoms with E-state index in [0.717, 1.165) is 10.7 Å². The van der Waals surface area contributed by atoms with E-state index in [2.05, 4.69) is 4.98 Å². The smallest absolute Gasteiger partial charge is 0.0439 e. The van der Waals surface area contributed by atoms with Crippen LogP contribution in [-0.2, 0) is 0 Å². The van der Waals surface area contributed by atoms with Crippen molar-refractivity contribution in [3.63, 3.8) is 0 Å². The summed E-state index contributed by atoms with van der Waals surface area (Å²) in [5, 5.41) is 0.748. The second kappa shape index (κ2) is 7.61. The summed E-state index contributed by atoms with van der Waals surface area (Å²) in [7, 11) is 0. The van der Waals surface area contributed by atoms with Gasteiger partial charge in [0, 0.05) is 25.3 Å². The van der Waals surface area contributed by atoms with Crippen LogP contribution in [0, 0.1) is 6.92 Å². The highest BCUT2D eigenvalue weighted by atomic mass is 35.5. The molecular formula is C8H13BClN. The van der Waals surface area contributed by atoms with E-state index in [9.17, 15) is 0 Å². The van der Waals surface area contributed by atoms with Gasteiger partial charge in [-0.05, 0) is 19.1 Å². The van der Waals surface area contributed by atoms with Crippen LogP contribution >= 0.6 is 11.6 Å². The van der Waals surface area contributed by atoms with E-state index in [1.54, 1.807) is 12.3 Å². The molecule has 1 nitrogen and oxygen atoms in total. The first-order valence-corrected chi connectivity index (χ1v) is 3.75. The topological polar surface area (TPSA) is 12.9 Å². The zero-order valence-electron chi connectivity index (χ0n) is 7.26. The molecule has 1 aromatic rings. The van der Waals surface area contributed by atoms with Gasteiger partial charge in [-0.15, -0.1) is 0 Å². The van der Waals surface area contributed by atoms with Crippen molar-refractivity contribution in [1.29, 1.82) is 0 Å². The molecule has 0 saturated carbocycles. The van der Waals surface area contributed by atoms with Crippen LogP contribution in [0.1, 0.15) is 19.5 Å². The highest BCUT2D eigenvalue weighted by Gasteiger charge is 1.84. The zero-order chi connectivity index (χ0) is 7.98. The molecule has 1 heterocycles. The Morgan fingerprint density at radius 2 is 1.91 bits per heavy atom. The summed E-state index contributed by atoms with van der Waals surface area (Å²) in [5.74, 6) is 0. The molecule has 1 aromatic heterocycles. The lowest BCUT2D eigenvalue weighted by Crippen LogP contribution is -1.75. The number of hydrogen-bond donors (Lipinski definition) is 0. The Hall–Kier alpha value is -0.495. The second-order valence-electron chi connectivity index (χ2n) is 1.62. The van der Waals surface area contributed by atoms with Crippen LogP contribution in [0.25, 0.3) is 0 Å². The lowest BCUT2D eigenvalue weighted by molar-refractivity contribution is 1.20. The van der Waals surface area contributed by atoms with Gasteiger partial charge >= 0.3 is 0 Å². The van der Waals surface area contributed by atoms with Gasteiger partial charge in [0.25, 0.3) is 0 Å². The average Bonchev–Trinajstić information content (AvgIpc) is 1.91. The molecule has 0 atom stereocenters. The Bertz CT molecular complexity index is 174. The van der Waals surface area contributed by atoms with Crippen LogP contribution in [0.2, 0.25) is 5.02 Å². The number of aryl methyl sites for hydroxylation is 1. The van der Waals surface area contributed by atoms with E-state index in [0.29, 0.717) is 0 Å². The van der Waals surface area contributed by atoms with E-state index >= 15 is 0 Å². The van der Waals surface area contributed by atoms with Gasteiger partial charge in [0.1, 0.15) is 0 Å². The lowest BCUT2D eigenvalue weighted by Gasteiger charge is -1.88. The van der Waals surface area contributed by atoms with Gasteiger partial charge < -0.3 is 0 Å². The summed E-state index contributed by atoms with van der Waals surface area (Å²) in [6, 6.07) is 3.58. The van der Waals surface area contributed by atoms with Crippen LogP contribution < -0.4 is 0 Å². The summed E-state index contributed by atoms with van der Waals surface area (Å²) in [6.07, 6.45) is 1.69. The molecule has 0 bridgehead atoms. The Balaban J connectivity index is 0. The molecule has 0 fully saturated rings. The van der Waals surface area contributed by atoms with Crippen LogP contribution in [-0.4, -0.2) is 13.4 Å². The van der Waals surface area contributed by atoms with Crippen molar-refractivity contribution in [3.8, 4) is 0 Å². The average molecular weight is 169 g/mol. The minimum Gasteiger partial charge on any atom is -0.262 e. The third-order valence-electron chi connectivity index (χ3n) is 0.859. The van der Waals surface area contributed by atoms with E-state index in [-0.39, 0.29) is 8.41 Å². The summed E-state index contributed by atoms with van der Waals surface area (Å²) in [4.78, 5) is 3.96. The van der Waals surface area contributed by atoms with E-state index < -0.39 is 0 Å². The van der Waals surface area contributed by atoms with Crippen molar-refractivity contribution < 1.29 is 0 Å². The van der Waals surface area contributed by atoms with Crippen molar-refractivity contribution in [2.24, 2.45) is 0 Å². The molecule has 0 spiro atoms. The van der Waals surface area contributed by atoms with Crippen LogP contribution in [0.5, 0.6) is 0 Å². The van der Waals surface area contributed by atoms with Gasteiger partial charge in [-0.2, -0.15) is 0 Å². The molecular weight excluding hydrogens is 156 g/mol. The van der Waals surface area contributed by atoms with Gasteiger partial charge in [0.2, 0.25) is 0 Å². The number of hydrogen-bond acceptors (Lipinski definition) is 1. The molecule has 0 amide bonds. The van der Waals surface area contributed by atoms with E-state index in [1.165, 1.54) is 0 Å². The maximum absolute atomic E-state index is 5.60. The monoisotopic (exact) mass is 169 g/mol. The van der Waals surface area contributed by atoms with Gasteiger partial charge in [0.15, 0.2) is 0 Å². The third-order valence-corrected chi connectivity index (χ3v) is 1.09. The summed E-state index contributed by atoms with van der Waals surface area (Å²) in [6.45, 7) is 5.91. The first kappa shape index (κ1) is 13.1. The molecule has 1 rings (SSSR count). The number of pyridine rings is 1. The van der Waals surface area contributed by atoms with Crippen molar-refractivity contribution in [3.05, 3.63) is 29.0 Å². The largest absolute Gasteiger partial charge is 0.262 e. The Labute approximate surface area is 75.4 Å². The minimum absolute atomic E-state index is 0. The summed E-state index contributed by atoms with van der Waals surface area (Å²) < 4.78 is 0. The van der Waals surface area contributed by atoms with E-state index in [1.807, 2.05) is 26.8 Å². The van der Waals surface area contributed by atoms with Gasteiger partial charge in [-0.25, -0.2) is 0 Å². The number of rotatable bonds is 0. The van der Waals surface area contributed by atoms with Crippen LogP contribution in [0.3, 0.4) is 0 Å². The standard InChI is InChI=1S/C6H6ClN.C2H6.BH/c1-5-4-6(7)2-3-8-5;1-2;/h2-4H,1H3;1-2H3;1H. The predicted octanol–water partition coefficient (Wildman–Crippen LogP) is 2.42. The fourth-order valence-corrected chi connectivity index (χ4v) is 0.725. The van der Waals surface area contributed by atoms with Gasteiger partial charge in [-0.3, -0.25) is 4.98 Å². The second-order valence-corrected chi connectivity index (χ2v) is 2.05. The fourth-order valence-electron chi connectivity index (χ4n) is 0.511. The number of aromatic nitrogens is 1. The van der Waals surface area contributed by atoms with Crippen LogP contribution in [0.15, 0.2) is 18.3 Å². The van der Waals surface area contributed by atoms with Crippen molar-refractivity contribution in [2.75, 3.05) is 0 Å². The fraction of sp³-hybridized carbons (Fsp3) is 0.375. The van der Waals surface area contributed by atoms with Gasteiger partial charge in [-0.1, -0.05) is 25.4 Å². The normalized spacial score (nSPS) is 7.27. The third kappa shape index (κ3) is 5.93. The predicted molar refractivity (Wildman–Crippen MR) is 52.5 cm³/mol. The summed E-state index contributed by atoms with van der Waals surface area (Å²) >= 11 is 5.60.